The molecule has 0 aromatic carbocycles. The van der Waals surface area contributed by atoms with Crippen molar-refractivity contribution in [1.82, 2.24) is 0 Å². The van der Waals surface area contributed by atoms with E-state index in [0.29, 0.717) is 5.41 Å². The van der Waals surface area contributed by atoms with E-state index in [2.05, 4.69) is 20.8 Å². The molecular weight excluding hydrogens is 108 g/mol. The second-order valence-corrected chi connectivity index (χ2v) is 4.01. The van der Waals surface area contributed by atoms with Crippen LogP contribution in [0.25, 0.3) is 0 Å². The summed E-state index contributed by atoms with van der Waals surface area (Å²) in [6.07, 6.45) is 5.76. The highest BCUT2D eigenvalue weighted by Crippen LogP contribution is 2.43. The summed E-state index contributed by atoms with van der Waals surface area (Å²) in [4.78, 5) is 0. The van der Waals surface area contributed by atoms with Gasteiger partial charge in [-0.2, -0.15) is 0 Å². The zero-order valence-electron chi connectivity index (χ0n) is 6.91. The van der Waals surface area contributed by atoms with Gasteiger partial charge in [-0.3, -0.25) is 0 Å². The summed E-state index contributed by atoms with van der Waals surface area (Å²) in [5, 5.41) is 0. The molecular formula is C9H18. The average Bonchev–Trinajstić information content (AvgIpc) is 2.13. The monoisotopic (exact) mass is 126 g/mol. The van der Waals surface area contributed by atoms with Crippen molar-refractivity contribution >= 4 is 0 Å². The molecule has 0 amide bonds. The zero-order chi connectivity index (χ0) is 6.91. The lowest BCUT2D eigenvalue weighted by Gasteiger charge is -2.20. The zero-order valence-corrected chi connectivity index (χ0v) is 6.91. The standard InChI is InChI=1S/C9H18/c1-4-9(3)6-5-8(2)7-9/h8H,4-7H2,1-3H3. The molecule has 0 heterocycles. The molecule has 0 aromatic rings. The van der Waals surface area contributed by atoms with Crippen LogP contribution >= 0.6 is 0 Å². The largest absolute Gasteiger partial charge is 0.0649 e. The lowest BCUT2D eigenvalue weighted by atomic mass is 9.85. The van der Waals surface area contributed by atoms with Gasteiger partial charge in [0, 0.05) is 0 Å². The summed E-state index contributed by atoms with van der Waals surface area (Å²) in [7, 11) is 0. The van der Waals surface area contributed by atoms with Crippen molar-refractivity contribution in [3.05, 3.63) is 0 Å². The molecule has 0 N–H and O–H groups in total. The number of hydrogen-bond donors (Lipinski definition) is 0. The Morgan fingerprint density at radius 3 is 2.44 bits per heavy atom. The second kappa shape index (κ2) is 2.32. The van der Waals surface area contributed by atoms with Gasteiger partial charge in [-0.05, 0) is 24.2 Å². The highest BCUT2D eigenvalue weighted by molar-refractivity contribution is 4.82. The van der Waals surface area contributed by atoms with Crippen LogP contribution in [0.3, 0.4) is 0 Å². The third-order valence-electron chi connectivity index (χ3n) is 2.94. The third kappa shape index (κ3) is 1.47. The van der Waals surface area contributed by atoms with E-state index in [1.807, 2.05) is 0 Å². The molecule has 2 unspecified atom stereocenters. The first-order chi connectivity index (χ1) is 4.16. The fourth-order valence-electron chi connectivity index (χ4n) is 1.96. The molecule has 0 heteroatoms. The summed E-state index contributed by atoms with van der Waals surface area (Å²) < 4.78 is 0. The van der Waals surface area contributed by atoms with Crippen LogP contribution in [-0.4, -0.2) is 0 Å². The predicted octanol–water partition coefficient (Wildman–Crippen LogP) is 3.22. The van der Waals surface area contributed by atoms with Gasteiger partial charge in [0.25, 0.3) is 0 Å². The van der Waals surface area contributed by atoms with Crippen molar-refractivity contribution in [2.75, 3.05) is 0 Å². The van der Waals surface area contributed by atoms with E-state index < -0.39 is 0 Å². The van der Waals surface area contributed by atoms with Crippen molar-refractivity contribution < 1.29 is 0 Å². The van der Waals surface area contributed by atoms with Crippen molar-refractivity contribution in [1.29, 1.82) is 0 Å². The van der Waals surface area contributed by atoms with Gasteiger partial charge in [0.2, 0.25) is 0 Å². The number of hydrogen-bond acceptors (Lipinski definition) is 0. The molecule has 0 aliphatic heterocycles. The van der Waals surface area contributed by atoms with Gasteiger partial charge in [0.1, 0.15) is 0 Å². The molecule has 1 saturated carbocycles. The van der Waals surface area contributed by atoms with E-state index in [9.17, 15) is 0 Å². The molecule has 0 bridgehead atoms. The van der Waals surface area contributed by atoms with Crippen LogP contribution in [-0.2, 0) is 0 Å². The van der Waals surface area contributed by atoms with Gasteiger partial charge in [0.15, 0.2) is 0 Å². The lowest BCUT2D eigenvalue weighted by molar-refractivity contribution is 0.312. The van der Waals surface area contributed by atoms with Gasteiger partial charge in [-0.1, -0.05) is 33.6 Å². The summed E-state index contributed by atoms with van der Waals surface area (Å²) in [6.45, 7) is 7.12. The molecule has 0 radical (unpaired) electrons. The Morgan fingerprint density at radius 1 is 1.56 bits per heavy atom. The molecule has 1 aliphatic rings. The van der Waals surface area contributed by atoms with E-state index in [4.69, 9.17) is 0 Å². The minimum Gasteiger partial charge on any atom is -0.0649 e. The average molecular weight is 126 g/mol. The van der Waals surface area contributed by atoms with Crippen LogP contribution in [0.1, 0.15) is 46.5 Å². The van der Waals surface area contributed by atoms with E-state index >= 15 is 0 Å². The van der Waals surface area contributed by atoms with E-state index in [-0.39, 0.29) is 0 Å². The molecule has 0 aromatic heterocycles. The maximum absolute atomic E-state index is 2.43. The predicted molar refractivity (Wildman–Crippen MR) is 41.4 cm³/mol. The van der Waals surface area contributed by atoms with E-state index in [0.717, 1.165) is 5.92 Å². The minimum atomic E-state index is 0.708. The maximum atomic E-state index is 2.43. The van der Waals surface area contributed by atoms with Gasteiger partial charge in [-0.25, -0.2) is 0 Å². The van der Waals surface area contributed by atoms with Gasteiger partial charge in [-0.15, -0.1) is 0 Å². The third-order valence-corrected chi connectivity index (χ3v) is 2.94. The first-order valence-corrected chi connectivity index (χ1v) is 4.16. The van der Waals surface area contributed by atoms with Crippen LogP contribution in [0.2, 0.25) is 0 Å². The highest BCUT2D eigenvalue weighted by Gasteiger charge is 2.30. The topological polar surface area (TPSA) is 0 Å². The quantitative estimate of drug-likeness (QED) is 0.506. The first kappa shape index (κ1) is 7.11. The SMILES string of the molecule is CCC1(C)CCC(C)C1. The summed E-state index contributed by atoms with van der Waals surface area (Å²) in [5.41, 5.74) is 0.708. The summed E-state index contributed by atoms with van der Waals surface area (Å²) in [5.74, 6) is 0.995. The number of rotatable bonds is 1. The molecule has 0 spiro atoms. The molecule has 9 heavy (non-hydrogen) atoms. The fourth-order valence-corrected chi connectivity index (χ4v) is 1.96. The van der Waals surface area contributed by atoms with Crippen molar-refractivity contribution in [2.45, 2.75) is 46.5 Å². The van der Waals surface area contributed by atoms with Crippen LogP contribution in [0.5, 0.6) is 0 Å². The molecule has 1 rings (SSSR count). The molecule has 0 saturated heterocycles. The molecule has 54 valence electrons. The van der Waals surface area contributed by atoms with Gasteiger partial charge in [0.05, 0.1) is 0 Å². The lowest BCUT2D eigenvalue weighted by Crippen LogP contribution is -2.08. The second-order valence-electron chi connectivity index (χ2n) is 4.01. The normalized spacial score (nSPS) is 43.7. The van der Waals surface area contributed by atoms with Crippen molar-refractivity contribution in [3.8, 4) is 0 Å². The van der Waals surface area contributed by atoms with Crippen molar-refractivity contribution in [2.24, 2.45) is 11.3 Å². The Balaban J connectivity index is 2.45. The molecule has 0 nitrogen and oxygen atoms in total. The molecule has 1 aliphatic carbocycles. The first-order valence-electron chi connectivity index (χ1n) is 4.16. The summed E-state index contributed by atoms with van der Waals surface area (Å²) in [6, 6.07) is 0. The molecule has 2 atom stereocenters. The maximum Gasteiger partial charge on any atom is -0.0326 e. The van der Waals surface area contributed by atoms with Crippen LogP contribution in [0, 0.1) is 11.3 Å². The van der Waals surface area contributed by atoms with Crippen molar-refractivity contribution in [3.63, 3.8) is 0 Å². The Hall–Kier alpha value is 0. The van der Waals surface area contributed by atoms with Crippen LogP contribution < -0.4 is 0 Å². The van der Waals surface area contributed by atoms with Crippen LogP contribution in [0.4, 0.5) is 0 Å². The smallest absolute Gasteiger partial charge is 0.0326 e. The van der Waals surface area contributed by atoms with Crippen LogP contribution in [0.15, 0.2) is 0 Å². The van der Waals surface area contributed by atoms with E-state index in [1.165, 1.54) is 25.7 Å². The Kier molecular flexibility index (Phi) is 1.83. The Morgan fingerprint density at radius 2 is 2.22 bits per heavy atom. The Bertz CT molecular complexity index is 96.2. The van der Waals surface area contributed by atoms with Gasteiger partial charge < -0.3 is 0 Å². The highest BCUT2D eigenvalue weighted by atomic mass is 14.4. The Labute approximate surface area is 58.7 Å². The minimum absolute atomic E-state index is 0.708. The van der Waals surface area contributed by atoms with E-state index in [1.54, 1.807) is 0 Å². The fraction of sp³-hybridized carbons (Fsp3) is 1.00. The molecule has 1 fully saturated rings. The summed E-state index contributed by atoms with van der Waals surface area (Å²) >= 11 is 0. The van der Waals surface area contributed by atoms with Gasteiger partial charge >= 0.3 is 0 Å².